The van der Waals surface area contributed by atoms with Crippen LogP contribution >= 0.6 is 0 Å². The molecule has 0 saturated heterocycles. The molecule has 0 amide bonds. The van der Waals surface area contributed by atoms with Crippen molar-refractivity contribution in [2.24, 2.45) is 0 Å². The highest BCUT2D eigenvalue weighted by atomic mass is 16.3. The van der Waals surface area contributed by atoms with Crippen molar-refractivity contribution < 1.29 is 4.42 Å². The van der Waals surface area contributed by atoms with Crippen LogP contribution in [-0.4, -0.2) is 4.57 Å². The minimum Gasteiger partial charge on any atom is -0.455 e. The molecule has 0 bridgehead atoms. The lowest BCUT2D eigenvalue weighted by Crippen LogP contribution is -2.09. The molecule has 0 fully saturated rings. The van der Waals surface area contributed by atoms with Crippen LogP contribution in [0.4, 0.5) is 34.1 Å². The van der Waals surface area contributed by atoms with Crippen molar-refractivity contribution in [3.05, 3.63) is 224 Å². The van der Waals surface area contributed by atoms with Gasteiger partial charge in [0.1, 0.15) is 11.2 Å². The lowest BCUT2D eigenvalue weighted by molar-refractivity contribution is 0.673. The predicted octanol–water partition coefficient (Wildman–Crippen LogP) is 15.3. The number of benzene rings is 9. The van der Waals surface area contributed by atoms with E-state index in [0.717, 1.165) is 94.7 Å². The van der Waals surface area contributed by atoms with Crippen molar-refractivity contribution in [2.45, 2.75) is 0 Å². The molecule has 0 atom stereocenters. The van der Waals surface area contributed by atoms with Crippen LogP contribution in [0, 0.1) is 0 Å². The zero-order valence-corrected chi connectivity index (χ0v) is 31.6. The number of furan rings is 1. The molecule has 2 heterocycles. The van der Waals surface area contributed by atoms with E-state index in [4.69, 9.17) is 4.42 Å². The van der Waals surface area contributed by atoms with Gasteiger partial charge in [-0.2, -0.15) is 0 Å². The van der Waals surface area contributed by atoms with Crippen molar-refractivity contribution in [3.63, 3.8) is 0 Å². The number of hydrogen-bond acceptors (Lipinski definition) is 3. The van der Waals surface area contributed by atoms with Gasteiger partial charge in [-0.25, -0.2) is 0 Å². The minimum absolute atomic E-state index is 0.894. The van der Waals surface area contributed by atoms with Crippen molar-refractivity contribution >= 4 is 77.9 Å². The highest BCUT2D eigenvalue weighted by molar-refractivity contribution is 6.24. The molecule has 0 spiro atoms. The molecule has 0 aliphatic rings. The number of anilines is 6. The van der Waals surface area contributed by atoms with E-state index in [2.05, 4.69) is 233 Å². The molecular weight excluding hydrogens is 707 g/mol. The number of para-hydroxylation sites is 5. The highest BCUT2D eigenvalue weighted by Crippen LogP contribution is 2.44. The largest absolute Gasteiger partial charge is 0.455 e. The maximum Gasteiger partial charge on any atom is 0.145 e. The maximum atomic E-state index is 6.70. The molecule has 9 aromatic carbocycles. The van der Waals surface area contributed by atoms with Gasteiger partial charge in [-0.05, 0) is 120 Å². The first-order chi connectivity index (χ1) is 28.8. The Hall–Kier alpha value is -7.82. The van der Waals surface area contributed by atoms with Crippen molar-refractivity contribution in [1.82, 2.24) is 4.57 Å². The fourth-order valence-electron chi connectivity index (χ4n) is 8.52. The smallest absolute Gasteiger partial charge is 0.145 e. The summed E-state index contributed by atoms with van der Waals surface area (Å²) in [6, 6.07) is 79.7. The van der Waals surface area contributed by atoms with Gasteiger partial charge in [0.25, 0.3) is 0 Å². The van der Waals surface area contributed by atoms with Gasteiger partial charge < -0.3 is 18.8 Å². The van der Waals surface area contributed by atoms with Crippen molar-refractivity contribution in [2.75, 3.05) is 9.80 Å². The molecule has 0 saturated carbocycles. The van der Waals surface area contributed by atoms with Crippen molar-refractivity contribution in [1.29, 1.82) is 0 Å². The van der Waals surface area contributed by atoms with E-state index < -0.39 is 0 Å². The second-order valence-corrected chi connectivity index (χ2v) is 14.6. The third-order valence-corrected chi connectivity index (χ3v) is 11.1. The lowest BCUT2D eigenvalue weighted by atomic mass is 10.0. The van der Waals surface area contributed by atoms with Crippen LogP contribution < -0.4 is 9.80 Å². The van der Waals surface area contributed by atoms with Gasteiger partial charge in [0.15, 0.2) is 0 Å². The van der Waals surface area contributed by atoms with Crippen LogP contribution in [0.5, 0.6) is 0 Å². The summed E-state index contributed by atoms with van der Waals surface area (Å²) in [6.45, 7) is 0. The predicted molar refractivity (Wildman–Crippen MR) is 243 cm³/mol. The van der Waals surface area contributed by atoms with Crippen LogP contribution in [0.15, 0.2) is 229 Å². The second kappa shape index (κ2) is 14.0. The quantitative estimate of drug-likeness (QED) is 0.155. The van der Waals surface area contributed by atoms with Crippen LogP contribution in [0.3, 0.4) is 0 Å². The molecule has 11 rings (SSSR count). The van der Waals surface area contributed by atoms with E-state index in [1.54, 1.807) is 0 Å². The van der Waals surface area contributed by atoms with Gasteiger partial charge in [-0.15, -0.1) is 0 Å². The fourth-order valence-corrected chi connectivity index (χ4v) is 8.52. The molecule has 11 aromatic rings. The molecule has 0 radical (unpaired) electrons. The Balaban J connectivity index is 1.09. The molecular formula is C54H37N3O. The number of aromatic nitrogens is 1. The Kier molecular flexibility index (Phi) is 8.11. The zero-order chi connectivity index (χ0) is 38.4. The van der Waals surface area contributed by atoms with E-state index in [-0.39, 0.29) is 0 Å². The number of fused-ring (bicyclic) bond motifs is 7. The van der Waals surface area contributed by atoms with Crippen molar-refractivity contribution in [3.8, 4) is 16.8 Å². The SMILES string of the molecule is c1ccc(N(c2ccccc2)c2ccc(-c3cccc(-n4c5cc(N(c6ccccc6)c6ccccc6)ccc5c5c6oc7ccccc7c6ccc54)c3)cc2)cc1. The van der Waals surface area contributed by atoms with E-state index >= 15 is 0 Å². The monoisotopic (exact) mass is 743 g/mol. The molecule has 0 aliphatic carbocycles. The van der Waals surface area contributed by atoms with Gasteiger partial charge in [0, 0.05) is 56.0 Å². The second-order valence-electron chi connectivity index (χ2n) is 14.6. The minimum atomic E-state index is 0.894. The first-order valence-corrected chi connectivity index (χ1v) is 19.7. The molecule has 58 heavy (non-hydrogen) atoms. The third-order valence-electron chi connectivity index (χ3n) is 11.1. The summed E-state index contributed by atoms with van der Waals surface area (Å²) < 4.78 is 9.10. The molecule has 2 aromatic heterocycles. The normalized spacial score (nSPS) is 11.4. The molecule has 4 nitrogen and oxygen atoms in total. The average Bonchev–Trinajstić information content (AvgIpc) is 3.84. The fraction of sp³-hybridized carbons (Fsp3) is 0. The summed E-state index contributed by atoms with van der Waals surface area (Å²) in [5.74, 6) is 0. The summed E-state index contributed by atoms with van der Waals surface area (Å²) in [5, 5.41) is 4.49. The van der Waals surface area contributed by atoms with Crippen LogP contribution in [0.25, 0.3) is 60.6 Å². The van der Waals surface area contributed by atoms with Gasteiger partial charge in [-0.3, -0.25) is 0 Å². The Morgan fingerprint density at radius 2 is 0.845 bits per heavy atom. The Morgan fingerprint density at radius 3 is 1.47 bits per heavy atom. The first-order valence-electron chi connectivity index (χ1n) is 19.7. The van der Waals surface area contributed by atoms with Crippen LogP contribution in [0.1, 0.15) is 0 Å². The Morgan fingerprint density at radius 1 is 0.328 bits per heavy atom. The maximum absolute atomic E-state index is 6.70. The summed E-state index contributed by atoms with van der Waals surface area (Å²) in [4.78, 5) is 4.62. The Labute approximate surface area is 336 Å². The molecule has 4 heteroatoms. The Bertz CT molecular complexity index is 3130. The molecule has 0 aliphatic heterocycles. The van der Waals surface area contributed by atoms with E-state index in [0.29, 0.717) is 0 Å². The molecule has 0 N–H and O–H groups in total. The van der Waals surface area contributed by atoms with Crippen LogP contribution in [0.2, 0.25) is 0 Å². The lowest BCUT2D eigenvalue weighted by Gasteiger charge is -2.25. The van der Waals surface area contributed by atoms with Gasteiger partial charge in [0.2, 0.25) is 0 Å². The number of nitrogens with zero attached hydrogens (tertiary/aromatic N) is 3. The first kappa shape index (κ1) is 33.5. The average molecular weight is 744 g/mol. The summed E-state index contributed by atoms with van der Waals surface area (Å²) in [6.07, 6.45) is 0. The molecule has 0 unspecified atom stereocenters. The summed E-state index contributed by atoms with van der Waals surface area (Å²) in [5.41, 5.74) is 14.0. The molecule has 274 valence electrons. The van der Waals surface area contributed by atoms with Gasteiger partial charge >= 0.3 is 0 Å². The van der Waals surface area contributed by atoms with Crippen LogP contribution in [-0.2, 0) is 0 Å². The van der Waals surface area contributed by atoms with E-state index in [1.807, 2.05) is 6.07 Å². The van der Waals surface area contributed by atoms with E-state index in [9.17, 15) is 0 Å². The summed E-state index contributed by atoms with van der Waals surface area (Å²) in [7, 11) is 0. The third kappa shape index (κ3) is 5.70. The van der Waals surface area contributed by atoms with E-state index in [1.165, 1.54) is 0 Å². The summed E-state index contributed by atoms with van der Waals surface area (Å²) >= 11 is 0. The zero-order valence-electron chi connectivity index (χ0n) is 31.6. The standard InChI is InChI=1S/C54H37N3O/c1-5-17-40(18-6-1)55(41-19-7-2-8-20-41)44-30-28-38(29-31-44)39-16-15-25-45(36-39)57-50-35-34-48-47-26-13-14-27-52(47)58-54(48)53(50)49-33-32-46(37-51(49)57)56(42-21-9-3-10-22-42)43-23-11-4-12-24-43/h1-37H. The van der Waals surface area contributed by atoms with Gasteiger partial charge in [-0.1, -0.05) is 115 Å². The topological polar surface area (TPSA) is 24.6 Å². The number of hydrogen-bond donors (Lipinski definition) is 0. The number of rotatable bonds is 8. The highest BCUT2D eigenvalue weighted by Gasteiger charge is 2.21. The van der Waals surface area contributed by atoms with Gasteiger partial charge in [0.05, 0.1) is 16.4 Å².